The summed E-state index contributed by atoms with van der Waals surface area (Å²) in [6.07, 6.45) is 0. The minimum absolute atomic E-state index is 0.0423. The Balaban J connectivity index is 1.36. The van der Waals surface area contributed by atoms with Crippen molar-refractivity contribution in [3.05, 3.63) is 165 Å². The molecule has 0 nitrogen and oxygen atoms in total. The van der Waals surface area contributed by atoms with E-state index in [4.69, 9.17) is 0 Å². The zero-order valence-corrected chi connectivity index (χ0v) is 27.1. The van der Waals surface area contributed by atoms with Gasteiger partial charge in [-0.25, -0.2) is 0 Å². The Morgan fingerprint density at radius 1 is 0.432 bits per heavy atom. The van der Waals surface area contributed by atoms with Crippen LogP contribution in [0.25, 0.3) is 43.4 Å². The van der Waals surface area contributed by atoms with E-state index in [1.807, 2.05) is 0 Å². The molecule has 0 radical (unpaired) electrons. The quantitative estimate of drug-likeness (QED) is 0.159. The first-order valence-electron chi connectivity index (χ1n) is 15.7. The third kappa shape index (κ3) is 3.39. The van der Waals surface area contributed by atoms with E-state index < -0.39 is 0 Å². The van der Waals surface area contributed by atoms with Gasteiger partial charge in [0, 0.05) is 21.2 Å². The molecule has 7 aromatic carbocycles. The molecule has 212 valence electrons. The van der Waals surface area contributed by atoms with Crippen molar-refractivity contribution in [2.45, 2.75) is 44.4 Å². The molecule has 0 aromatic heterocycles. The molecule has 0 saturated carbocycles. The predicted molar refractivity (Wildman–Crippen MR) is 190 cm³/mol. The number of fused-ring (bicyclic) bond motifs is 11. The van der Waals surface area contributed by atoms with Crippen LogP contribution in [0.5, 0.6) is 0 Å². The normalized spacial score (nSPS) is 17.3. The summed E-state index contributed by atoms with van der Waals surface area (Å²) in [6, 6.07) is 46.2. The summed E-state index contributed by atoms with van der Waals surface area (Å²) >= 11 is 3.72. The van der Waals surface area contributed by atoms with Crippen molar-refractivity contribution in [1.29, 1.82) is 0 Å². The number of halogens is 1. The van der Waals surface area contributed by atoms with Crippen molar-refractivity contribution < 1.29 is 0 Å². The third-order valence-electron chi connectivity index (χ3n) is 10.8. The van der Waals surface area contributed by atoms with Crippen molar-refractivity contribution in [2.24, 2.45) is 0 Å². The van der Waals surface area contributed by atoms with Crippen LogP contribution in [0.15, 0.2) is 126 Å². The molecule has 0 saturated heterocycles. The smallest absolute Gasteiger partial charge is 0.0346 e. The van der Waals surface area contributed by atoms with E-state index in [0.29, 0.717) is 0 Å². The van der Waals surface area contributed by atoms with E-state index in [-0.39, 0.29) is 16.7 Å². The van der Waals surface area contributed by atoms with Crippen LogP contribution in [0.1, 0.15) is 72.6 Å². The Kier molecular flexibility index (Phi) is 5.32. The highest BCUT2D eigenvalue weighted by molar-refractivity contribution is 9.10. The molecule has 1 heteroatoms. The van der Waals surface area contributed by atoms with Crippen LogP contribution in [0.4, 0.5) is 0 Å². The molecular formula is C43H33Br. The molecule has 1 unspecified atom stereocenters. The van der Waals surface area contributed by atoms with Gasteiger partial charge in [-0.15, -0.1) is 0 Å². The van der Waals surface area contributed by atoms with E-state index >= 15 is 0 Å². The van der Waals surface area contributed by atoms with Gasteiger partial charge >= 0.3 is 0 Å². The van der Waals surface area contributed by atoms with Crippen molar-refractivity contribution in [1.82, 2.24) is 0 Å². The molecule has 0 heterocycles. The first-order valence-corrected chi connectivity index (χ1v) is 16.5. The average Bonchev–Trinajstić information content (AvgIpc) is 3.26. The van der Waals surface area contributed by atoms with Crippen LogP contribution in [-0.2, 0) is 10.8 Å². The van der Waals surface area contributed by atoms with Gasteiger partial charge in [-0.1, -0.05) is 141 Å². The fraction of sp³-hybridized carbons (Fsp3) is 0.163. The van der Waals surface area contributed by atoms with Gasteiger partial charge < -0.3 is 0 Å². The standard InChI is InChI=1S/C43H33Br/c1-42(2)37-15-9-7-13-31(37)35-23-40-36(24-39(35)42)41(32-14-8-10-16-38(32)43(40,3)4)25-17-19-29-30-20-18-26(44)22-34(30)28-12-6-5-11-27(28)33(29)21-25/h5-24,41H,1-4H3. The van der Waals surface area contributed by atoms with Gasteiger partial charge in [0.1, 0.15) is 0 Å². The minimum atomic E-state index is -0.105. The molecule has 9 rings (SSSR count). The summed E-state index contributed by atoms with van der Waals surface area (Å²) in [5, 5.41) is 7.84. The van der Waals surface area contributed by atoms with Crippen molar-refractivity contribution >= 4 is 48.2 Å². The zero-order valence-electron chi connectivity index (χ0n) is 25.5. The van der Waals surface area contributed by atoms with E-state index in [0.717, 1.165) is 4.47 Å². The van der Waals surface area contributed by atoms with Crippen molar-refractivity contribution in [3.63, 3.8) is 0 Å². The molecule has 0 fully saturated rings. The van der Waals surface area contributed by atoms with Crippen LogP contribution in [0.2, 0.25) is 0 Å². The van der Waals surface area contributed by atoms with Gasteiger partial charge in [0.05, 0.1) is 0 Å². The number of hydrogen-bond donors (Lipinski definition) is 0. The van der Waals surface area contributed by atoms with Gasteiger partial charge in [-0.3, -0.25) is 0 Å². The first kappa shape index (κ1) is 26.2. The fourth-order valence-corrected chi connectivity index (χ4v) is 9.02. The third-order valence-corrected chi connectivity index (χ3v) is 11.3. The molecule has 0 N–H and O–H groups in total. The van der Waals surface area contributed by atoms with Gasteiger partial charge in [-0.05, 0) is 107 Å². The highest BCUT2D eigenvalue weighted by Crippen LogP contribution is 2.56. The maximum Gasteiger partial charge on any atom is 0.0346 e. The topological polar surface area (TPSA) is 0 Å². The highest BCUT2D eigenvalue weighted by atomic mass is 79.9. The molecular weight excluding hydrogens is 596 g/mol. The van der Waals surface area contributed by atoms with Crippen molar-refractivity contribution in [2.75, 3.05) is 0 Å². The Labute approximate surface area is 267 Å². The molecule has 7 aromatic rings. The SMILES string of the molecule is CC1(C)c2ccccc2-c2cc3c(cc21)C(c1ccc2c4ccc(Br)cc4c4ccccc4c2c1)c1ccccc1C3(C)C. The van der Waals surface area contributed by atoms with Crippen LogP contribution in [-0.4, -0.2) is 0 Å². The minimum Gasteiger partial charge on any atom is -0.0619 e. The number of benzene rings is 7. The summed E-state index contributed by atoms with van der Waals surface area (Å²) in [6.45, 7) is 9.62. The van der Waals surface area contributed by atoms with Crippen LogP contribution in [0, 0.1) is 0 Å². The number of rotatable bonds is 1. The van der Waals surface area contributed by atoms with Gasteiger partial charge in [-0.2, -0.15) is 0 Å². The monoisotopic (exact) mass is 628 g/mol. The summed E-state index contributed by atoms with van der Waals surface area (Å²) < 4.78 is 1.11. The summed E-state index contributed by atoms with van der Waals surface area (Å²) in [4.78, 5) is 0. The largest absolute Gasteiger partial charge is 0.0619 e. The number of hydrogen-bond acceptors (Lipinski definition) is 0. The predicted octanol–water partition coefficient (Wildman–Crippen LogP) is 12.0. The van der Waals surface area contributed by atoms with Crippen LogP contribution in [0.3, 0.4) is 0 Å². The fourth-order valence-electron chi connectivity index (χ4n) is 8.66. The Morgan fingerprint density at radius 2 is 1.02 bits per heavy atom. The molecule has 0 aliphatic heterocycles. The molecule has 0 amide bonds. The molecule has 0 spiro atoms. The second-order valence-electron chi connectivity index (χ2n) is 13.8. The molecule has 2 aliphatic carbocycles. The summed E-state index contributed by atoms with van der Waals surface area (Å²) in [5.74, 6) is 0.155. The van der Waals surface area contributed by atoms with Gasteiger partial charge in [0.25, 0.3) is 0 Å². The Hall–Kier alpha value is -4.20. The van der Waals surface area contributed by atoms with E-state index in [1.54, 1.807) is 0 Å². The Bertz CT molecular complexity index is 2330. The lowest BCUT2D eigenvalue weighted by Crippen LogP contribution is -2.30. The second-order valence-corrected chi connectivity index (χ2v) is 14.8. The summed E-state index contributed by atoms with van der Waals surface area (Å²) in [5.41, 5.74) is 12.6. The average molecular weight is 630 g/mol. The van der Waals surface area contributed by atoms with Gasteiger partial charge in [0.2, 0.25) is 0 Å². The lowest BCUT2D eigenvalue weighted by atomic mass is 9.62. The van der Waals surface area contributed by atoms with E-state index in [1.165, 1.54) is 82.4 Å². The first-order chi connectivity index (χ1) is 21.2. The Morgan fingerprint density at radius 3 is 1.80 bits per heavy atom. The van der Waals surface area contributed by atoms with Crippen molar-refractivity contribution in [3.8, 4) is 11.1 Å². The second kappa shape index (κ2) is 8.93. The van der Waals surface area contributed by atoms with E-state index in [9.17, 15) is 0 Å². The molecule has 0 bridgehead atoms. The maximum absolute atomic E-state index is 3.72. The van der Waals surface area contributed by atoms with Crippen LogP contribution < -0.4 is 0 Å². The zero-order chi connectivity index (χ0) is 30.0. The molecule has 1 atom stereocenters. The van der Waals surface area contributed by atoms with Gasteiger partial charge in [0.15, 0.2) is 0 Å². The maximum atomic E-state index is 3.72. The lowest BCUT2D eigenvalue weighted by molar-refractivity contribution is 0.594. The molecule has 2 aliphatic rings. The molecule has 44 heavy (non-hydrogen) atoms. The highest BCUT2D eigenvalue weighted by Gasteiger charge is 2.42. The lowest BCUT2D eigenvalue weighted by Gasteiger charge is -2.41. The van der Waals surface area contributed by atoms with E-state index in [2.05, 4.69) is 165 Å². The van der Waals surface area contributed by atoms with Crippen LogP contribution >= 0.6 is 15.9 Å². The summed E-state index contributed by atoms with van der Waals surface area (Å²) in [7, 11) is 0.